The minimum absolute atomic E-state index is 0.131. The molecule has 0 saturated heterocycles. The molecule has 0 spiro atoms. The molecule has 4 nitrogen and oxygen atoms in total. The van der Waals surface area contributed by atoms with Gasteiger partial charge in [-0.2, -0.15) is 0 Å². The normalized spacial score (nSPS) is 14.9. The van der Waals surface area contributed by atoms with Crippen LogP contribution in [0.4, 0.5) is 0 Å². The first-order valence-electron chi connectivity index (χ1n) is 16.3. The Hall–Kier alpha value is -2.04. The van der Waals surface area contributed by atoms with Crippen LogP contribution in [-0.2, 0) is 36.5 Å². The second-order valence-electron chi connectivity index (χ2n) is 16.7. The second kappa shape index (κ2) is 13.1. The van der Waals surface area contributed by atoms with E-state index in [1.807, 2.05) is 27.7 Å². The number of ether oxygens (including phenoxy) is 4. The van der Waals surface area contributed by atoms with Gasteiger partial charge in [0.2, 0.25) is 0 Å². The smallest absolute Gasteiger partial charge is 0.196 e. The van der Waals surface area contributed by atoms with Gasteiger partial charge in [-0.25, -0.2) is 0 Å². The summed E-state index contributed by atoms with van der Waals surface area (Å²) in [6.07, 6.45) is -0.664. The highest BCUT2D eigenvalue weighted by Crippen LogP contribution is 2.48. The molecule has 2 aromatic rings. The maximum absolute atomic E-state index is 6.59. The van der Waals surface area contributed by atoms with Gasteiger partial charge in [-0.3, -0.25) is 0 Å². The van der Waals surface area contributed by atoms with E-state index in [9.17, 15) is 0 Å². The largest absolute Gasteiger partial charge is 0.465 e. The molecule has 2 aromatic carbocycles. The van der Waals surface area contributed by atoms with Crippen molar-refractivity contribution in [3.05, 3.63) is 57.6 Å². The van der Waals surface area contributed by atoms with E-state index in [0.717, 1.165) is 11.5 Å². The molecule has 4 heteroatoms. The fraction of sp³-hybridized carbons (Fsp3) is 0.692. The molecular weight excluding hydrogens is 532 g/mol. The van der Waals surface area contributed by atoms with E-state index in [2.05, 4.69) is 121 Å². The Kier molecular flexibility index (Phi) is 11.3. The van der Waals surface area contributed by atoms with Crippen LogP contribution in [0.25, 0.3) is 0 Å². The average molecular weight is 597 g/mol. The number of hydrogen-bond donors (Lipinski definition) is 0. The third-order valence-electron chi connectivity index (χ3n) is 8.22. The van der Waals surface area contributed by atoms with Gasteiger partial charge in [0.25, 0.3) is 0 Å². The van der Waals surface area contributed by atoms with Gasteiger partial charge in [0.1, 0.15) is 11.5 Å². The third-order valence-corrected chi connectivity index (χ3v) is 8.22. The summed E-state index contributed by atoms with van der Waals surface area (Å²) in [4.78, 5) is 0. The van der Waals surface area contributed by atoms with E-state index in [0.29, 0.717) is 13.2 Å². The maximum Gasteiger partial charge on any atom is 0.196 e. The van der Waals surface area contributed by atoms with Crippen LogP contribution in [0, 0.1) is 0 Å². The van der Waals surface area contributed by atoms with E-state index in [1.54, 1.807) is 0 Å². The van der Waals surface area contributed by atoms with Crippen molar-refractivity contribution in [1.82, 2.24) is 0 Å². The van der Waals surface area contributed by atoms with Crippen molar-refractivity contribution >= 4 is 0 Å². The van der Waals surface area contributed by atoms with E-state index in [-0.39, 0.29) is 39.7 Å². The number of hydrogen-bond acceptors (Lipinski definition) is 4. The van der Waals surface area contributed by atoms with Gasteiger partial charge in [-0.05, 0) is 60.5 Å². The van der Waals surface area contributed by atoms with Gasteiger partial charge in [0.05, 0.1) is 0 Å². The van der Waals surface area contributed by atoms with Crippen molar-refractivity contribution in [2.45, 2.75) is 164 Å². The SMILES string of the molecule is CCOC(C)Oc1c(C(C)(C)C)cc(C(C)(C)c2cc(C(C)(C)C)c(OC(C)OCC)c(C(C)(C)C)c2)cc1C(C)(C)C. The number of benzene rings is 2. The summed E-state index contributed by atoms with van der Waals surface area (Å²) in [7, 11) is 0. The van der Waals surface area contributed by atoms with E-state index in [1.165, 1.54) is 33.4 Å². The second-order valence-corrected chi connectivity index (χ2v) is 16.7. The molecule has 0 aliphatic rings. The molecule has 244 valence electrons. The topological polar surface area (TPSA) is 36.9 Å². The summed E-state index contributed by atoms with van der Waals surface area (Å²) in [6, 6.07) is 9.49. The molecule has 0 aliphatic carbocycles. The van der Waals surface area contributed by atoms with E-state index >= 15 is 0 Å². The molecular formula is C39H64O4. The predicted molar refractivity (Wildman–Crippen MR) is 183 cm³/mol. The lowest BCUT2D eigenvalue weighted by atomic mass is 9.69. The third kappa shape index (κ3) is 9.01. The molecule has 0 bridgehead atoms. The Morgan fingerprint density at radius 1 is 0.465 bits per heavy atom. The zero-order valence-corrected chi connectivity index (χ0v) is 31.0. The summed E-state index contributed by atoms with van der Waals surface area (Å²) in [5, 5.41) is 0. The molecule has 2 rings (SSSR count). The van der Waals surface area contributed by atoms with Crippen LogP contribution >= 0.6 is 0 Å². The molecule has 0 heterocycles. The summed E-state index contributed by atoms with van der Waals surface area (Å²) in [6.45, 7) is 41.1. The quantitative estimate of drug-likeness (QED) is 0.256. The maximum atomic E-state index is 6.59. The lowest BCUT2D eigenvalue weighted by Crippen LogP contribution is -2.29. The standard InChI is InChI=1S/C39H64O4/c1-19-40-25(3)42-33-29(35(5,6)7)21-27(22-30(33)36(8,9)10)39(17,18)28-23-31(37(11,12)13)34(43-26(4)41-20-2)32(24-28)38(14,15)16/h21-26H,19-20H2,1-18H3. The molecule has 43 heavy (non-hydrogen) atoms. The van der Waals surface area contributed by atoms with Crippen LogP contribution in [-0.4, -0.2) is 25.8 Å². The molecule has 0 radical (unpaired) electrons. The predicted octanol–water partition coefficient (Wildman–Crippen LogP) is 10.7. The highest BCUT2D eigenvalue weighted by atomic mass is 16.7. The van der Waals surface area contributed by atoms with Crippen molar-refractivity contribution in [2.75, 3.05) is 13.2 Å². The van der Waals surface area contributed by atoms with Gasteiger partial charge < -0.3 is 18.9 Å². The molecule has 0 fully saturated rings. The van der Waals surface area contributed by atoms with Gasteiger partial charge >= 0.3 is 0 Å². The summed E-state index contributed by atoms with van der Waals surface area (Å²) in [5.41, 5.74) is 6.53. The minimum Gasteiger partial charge on any atom is -0.465 e. The molecule has 0 amide bonds. The fourth-order valence-electron chi connectivity index (χ4n) is 5.50. The van der Waals surface area contributed by atoms with Crippen LogP contribution in [0.3, 0.4) is 0 Å². The first-order chi connectivity index (χ1) is 19.3. The fourth-order valence-corrected chi connectivity index (χ4v) is 5.50. The Bertz CT molecular complexity index is 1060. The van der Waals surface area contributed by atoms with E-state index in [4.69, 9.17) is 18.9 Å². The lowest BCUT2D eigenvalue weighted by Gasteiger charge is -2.37. The lowest BCUT2D eigenvalue weighted by molar-refractivity contribution is -0.0632. The van der Waals surface area contributed by atoms with Gasteiger partial charge in [-0.1, -0.05) is 121 Å². The molecule has 0 aromatic heterocycles. The van der Waals surface area contributed by atoms with Crippen LogP contribution in [0.2, 0.25) is 0 Å². The molecule has 0 N–H and O–H groups in total. The Morgan fingerprint density at radius 2 is 0.698 bits per heavy atom. The van der Waals surface area contributed by atoms with Gasteiger partial charge in [0.15, 0.2) is 12.6 Å². The highest BCUT2D eigenvalue weighted by Gasteiger charge is 2.36. The minimum atomic E-state index is -0.332. The van der Waals surface area contributed by atoms with Crippen molar-refractivity contribution in [3.63, 3.8) is 0 Å². The summed E-state index contributed by atoms with van der Waals surface area (Å²) < 4.78 is 24.9. The van der Waals surface area contributed by atoms with Crippen LogP contribution < -0.4 is 9.47 Å². The monoisotopic (exact) mass is 596 g/mol. The van der Waals surface area contributed by atoms with Crippen molar-refractivity contribution in [3.8, 4) is 11.5 Å². The Morgan fingerprint density at radius 3 is 0.884 bits per heavy atom. The van der Waals surface area contributed by atoms with Crippen molar-refractivity contribution in [2.24, 2.45) is 0 Å². The molecule has 2 unspecified atom stereocenters. The van der Waals surface area contributed by atoms with Crippen LogP contribution in [0.5, 0.6) is 11.5 Å². The van der Waals surface area contributed by atoms with Crippen molar-refractivity contribution in [1.29, 1.82) is 0 Å². The van der Waals surface area contributed by atoms with Crippen molar-refractivity contribution < 1.29 is 18.9 Å². The Labute approximate surface area is 265 Å². The summed E-state index contributed by atoms with van der Waals surface area (Å²) in [5.74, 6) is 1.89. The highest BCUT2D eigenvalue weighted by molar-refractivity contribution is 5.57. The molecule has 0 aliphatic heterocycles. The summed E-state index contributed by atoms with van der Waals surface area (Å²) >= 11 is 0. The molecule has 0 saturated carbocycles. The van der Waals surface area contributed by atoms with Crippen LogP contribution in [0.15, 0.2) is 24.3 Å². The van der Waals surface area contributed by atoms with Crippen LogP contribution in [0.1, 0.15) is 158 Å². The Balaban J connectivity index is 2.99. The van der Waals surface area contributed by atoms with E-state index < -0.39 is 0 Å². The average Bonchev–Trinajstić information content (AvgIpc) is 2.81. The first-order valence-corrected chi connectivity index (χ1v) is 16.3. The zero-order chi connectivity index (χ0) is 33.3. The number of rotatable bonds is 10. The van der Waals surface area contributed by atoms with Gasteiger partial charge in [-0.15, -0.1) is 0 Å². The first kappa shape index (κ1) is 37.1. The van der Waals surface area contributed by atoms with Gasteiger partial charge in [0, 0.05) is 40.9 Å². The zero-order valence-electron chi connectivity index (χ0n) is 31.0. The molecule has 2 atom stereocenters.